The molecule has 44 heavy (non-hydrogen) atoms. The van der Waals surface area contributed by atoms with Crippen LogP contribution in [0.2, 0.25) is 0 Å². The second-order valence-electron chi connectivity index (χ2n) is 11.4. The molecule has 0 radical (unpaired) electrons. The second-order valence-corrected chi connectivity index (χ2v) is 11.4. The van der Waals surface area contributed by atoms with E-state index in [1.165, 1.54) is 6.07 Å². The highest BCUT2D eigenvalue weighted by molar-refractivity contribution is 5.95. The summed E-state index contributed by atoms with van der Waals surface area (Å²) in [6.07, 6.45) is 3.94. The van der Waals surface area contributed by atoms with E-state index in [4.69, 9.17) is 24.7 Å². The van der Waals surface area contributed by atoms with Crippen LogP contribution >= 0.6 is 0 Å². The van der Waals surface area contributed by atoms with Crippen molar-refractivity contribution in [3.63, 3.8) is 0 Å². The lowest BCUT2D eigenvalue weighted by molar-refractivity contribution is -0.0592. The maximum atomic E-state index is 14.5. The zero-order chi connectivity index (χ0) is 30.2. The first kappa shape index (κ1) is 28.1. The highest BCUT2D eigenvalue weighted by Gasteiger charge is 2.26. The molecule has 5 aromatic rings. The van der Waals surface area contributed by atoms with Crippen molar-refractivity contribution in [1.82, 2.24) is 24.4 Å². The van der Waals surface area contributed by atoms with E-state index >= 15 is 0 Å². The summed E-state index contributed by atoms with van der Waals surface area (Å²) >= 11 is 0. The fraction of sp³-hybridized carbons (Fsp3) is 0.333. The lowest BCUT2D eigenvalue weighted by atomic mass is 9.93. The first-order chi connectivity index (χ1) is 21.4. The Morgan fingerprint density at radius 1 is 1.05 bits per heavy atom. The van der Waals surface area contributed by atoms with Gasteiger partial charge in [0.15, 0.2) is 0 Å². The van der Waals surface area contributed by atoms with Crippen molar-refractivity contribution in [1.29, 1.82) is 5.26 Å². The summed E-state index contributed by atoms with van der Waals surface area (Å²) in [5.41, 5.74) is 2.70. The fourth-order valence-electron chi connectivity index (χ4n) is 6.06. The van der Waals surface area contributed by atoms with Crippen molar-refractivity contribution in [3.05, 3.63) is 99.4 Å². The van der Waals surface area contributed by atoms with Gasteiger partial charge in [0, 0.05) is 41.4 Å². The maximum Gasteiger partial charge on any atom is 0.256 e. The monoisotopic (exact) mass is 596 g/mol. The number of H-pyrrole nitrogens is 1. The van der Waals surface area contributed by atoms with Gasteiger partial charge in [-0.2, -0.15) is 5.26 Å². The molecule has 1 atom stereocenters. The zero-order valence-corrected chi connectivity index (χ0v) is 23.9. The minimum atomic E-state index is -0.480. The molecule has 7 rings (SSSR count). The highest BCUT2D eigenvalue weighted by atomic mass is 19.1. The van der Waals surface area contributed by atoms with E-state index in [9.17, 15) is 13.6 Å². The number of aromatic amines is 1. The Bertz CT molecular complexity index is 1950. The first-order valence-electron chi connectivity index (χ1n) is 14.8. The van der Waals surface area contributed by atoms with Crippen LogP contribution in [0.15, 0.2) is 59.5 Å². The third-order valence-corrected chi connectivity index (χ3v) is 8.65. The Kier molecular flexibility index (Phi) is 7.54. The number of aromatic nitrogens is 4. The van der Waals surface area contributed by atoms with Crippen LogP contribution in [-0.2, 0) is 24.4 Å². The summed E-state index contributed by atoms with van der Waals surface area (Å²) in [6, 6.07) is 15.3. The Balaban J connectivity index is 1.05. The van der Waals surface area contributed by atoms with Crippen LogP contribution < -0.4 is 10.3 Å². The smallest absolute Gasteiger partial charge is 0.256 e. The molecule has 3 aromatic heterocycles. The number of piperidine rings is 1. The number of hydrogen-bond donors (Lipinski definition) is 1. The van der Waals surface area contributed by atoms with E-state index in [1.807, 2.05) is 18.2 Å². The Labute approximate surface area is 251 Å². The molecule has 0 amide bonds. The molecule has 0 aliphatic carbocycles. The van der Waals surface area contributed by atoms with Crippen LogP contribution in [0.1, 0.15) is 47.8 Å². The number of likely N-dealkylation sites (tertiary alicyclic amines) is 1. The molecule has 2 fully saturated rings. The largest absolute Gasteiger partial charge is 0.473 e. The molecule has 0 unspecified atom stereocenters. The Hall–Kier alpha value is -4.66. The summed E-state index contributed by atoms with van der Waals surface area (Å²) in [6.45, 7) is 3.69. The normalized spacial score (nSPS) is 17.5. The molecule has 0 spiro atoms. The van der Waals surface area contributed by atoms with Crippen molar-refractivity contribution >= 4 is 21.8 Å². The fourth-order valence-corrected chi connectivity index (χ4v) is 6.06. The van der Waals surface area contributed by atoms with Gasteiger partial charge in [0.25, 0.3) is 5.56 Å². The van der Waals surface area contributed by atoms with Gasteiger partial charge in [0.1, 0.15) is 24.1 Å². The van der Waals surface area contributed by atoms with Gasteiger partial charge in [0.05, 0.1) is 47.2 Å². The van der Waals surface area contributed by atoms with Crippen molar-refractivity contribution in [3.8, 4) is 11.9 Å². The second kappa shape index (κ2) is 11.8. The molecular weight excluding hydrogens is 566 g/mol. The van der Waals surface area contributed by atoms with Crippen molar-refractivity contribution < 1.29 is 18.3 Å². The van der Waals surface area contributed by atoms with Crippen LogP contribution in [0.3, 0.4) is 0 Å². The molecule has 224 valence electrons. The number of nitrogens with zero attached hydrogens (tertiary/aromatic N) is 5. The van der Waals surface area contributed by atoms with Gasteiger partial charge in [-0.25, -0.2) is 18.7 Å². The molecule has 5 heterocycles. The zero-order valence-electron chi connectivity index (χ0n) is 23.9. The highest BCUT2D eigenvalue weighted by Crippen LogP contribution is 2.30. The topological polar surface area (TPSA) is 109 Å². The molecule has 1 N–H and O–H groups in total. The van der Waals surface area contributed by atoms with E-state index < -0.39 is 11.6 Å². The number of pyridine rings is 2. The van der Waals surface area contributed by atoms with E-state index in [-0.39, 0.29) is 35.1 Å². The number of fused-ring (bicyclic) bond motifs is 2. The predicted octanol–water partition coefficient (Wildman–Crippen LogP) is 5.17. The number of nitriles is 1. The van der Waals surface area contributed by atoms with E-state index in [2.05, 4.69) is 14.5 Å². The molecule has 2 aromatic carbocycles. The van der Waals surface area contributed by atoms with Gasteiger partial charge in [-0.3, -0.25) is 9.69 Å². The molecule has 2 aliphatic heterocycles. The van der Waals surface area contributed by atoms with E-state index in [0.29, 0.717) is 35.4 Å². The molecule has 0 saturated carbocycles. The van der Waals surface area contributed by atoms with Gasteiger partial charge >= 0.3 is 0 Å². The maximum absolute atomic E-state index is 14.5. The molecule has 9 nitrogen and oxygen atoms in total. The number of rotatable bonds is 8. The summed E-state index contributed by atoms with van der Waals surface area (Å²) in [5.74, 6) is 0.596. The van der Waals surface area contributed by atoms with Crippen molar-refractivity contribution in [2.45, 2.75) is 51.0 Å². The minimum Gasteiger partial charge on any atom is -0.473 e. The summed E-state index contributed by atoms with van der Waals surface area (Å²) in [4.78, 5) is 26.9. The minimum absolute atomic E-state index is 0.0237. The Morgan fingerprint density at radius 2 is 1.89 bits per heavy atom. The average Bonchev–Trinajstić information content (AvgIpc) is 3.35. The van der Waals surface area contributed by atoms with Crippen LogP contribution in [0.4, 0.5) is 8.78 Å². The van der Waals surface area contributed by atoms with Crippen LogP contribution in [0.5, 0.6) is 5.88 Å². The number of hydrogen-bond acceptors (Lipinski definition) is 7. The van der Waals surface area contributed by atoms with Gasteiger partial charge in [-0.05, 0) is 62.7 Å². The van der Waals surface area contributed by atoms with Crippen LogP contribution in [0, 0.1) is 23.0 Å². The number of ether oxygens (including phenoxy) is 2. The lowest BCUT2D eigenvalue weighted by Crippen LogP contribution is -2.35. The summed E-state index contributed by atoms with van der Waals surface area (Å²) < 4.78 is 42.5. The third kappa shape index (κ3) is 5.54. The van der Waals surface area contributed by atoms with Gasteiger partial charge in [0.2, 0.25) is 5.88 Å². The van der Waals surface area contributed by atoms with Gasteiger partial charge < -0.3 is 19.0 Å². The van der Waals surface area contributed by atoms with Crippen molar-refractivity contribution in [2.24, 2.45) is 0 Å². The van der Waals surface area contributed by atoms with Gasteiger partial charge in [-0.1, -0.05) is 12.1 Å². The predicted molar refractivity (Wildman–Crippen MR) is 159 cm³/mol. The molecule has 0 bridgehead atoms. The number of halogens is 2. The quantitative estimate of drug-likeness (QED) is 0.263. The Morgan fingerprint density at radius 3 is 2.64 bits per heavy atom. The standard InChI is InChI=1S/C33H30F2N6O3/c34-26-12-20(15-36)4-5-22(26)19-44-32-3-1-2-28(39-32)21-6-9-40(10-7-21)18-31-38-29-13-24-25(33(42)37-16-27(24)35)14-30(29)41(31)17-23-8-11-43-23/h1-5,12-14,16,21,23H,6-11,17-19H2,(H,37,42)/t23-/m0/s1. The van der Waals surface area contributed by atoms with E-state index in [0.717, 1.165) is 62.2 Å². The SMILES string of the molecule is N#Cc1ccc(COc2cccc(C3CCN(Cc4nc5cc6c(F)c[nH]c(=O)c6cc5n4C[C@@H]4CCO4)CC3)n2)c(F)c1. The van der Waals surface area contributed by atoms with Crippen molar-refractivity contribution in [2.75, 3.05) is 19.7 Å². The van der Waals surface area contributed by atoms with Gasteiger partial charge in [-0.15, -0.1) is 0 Å². The summed E-state index contributed by atoms with van der Waals surface area (Å²) in [7, 11) is 0. The lowest BCUT2D eigenvalue weighted by Gasteiger charge is -2.32. The third-order valence-electron chi connectivity index (χ3n) is 8.65. The number of nitrogens with one attached hydrogen (secondary N) is 1. The average molecular weight is 597 g/mol. The van der Waals surface area contributed by atoms with Crippen LogP contribution in [0.25, 0.3) is 21.8 Å². The summed E-state index contributed by atoms with van der Waals surface area (Å²) in [5, 5.41) is 9.52. The number of benzene rings is 2. The number of imidazole rings is 1. The van der Waals surface area contributed by atoms with Crippen LogP contribution in [-0.4, -0.2) is 50.2 Å². The molecule has 2 saturated heterocycles. The molecular formula is C33H30F2N6O3. The first-order valence-corrected chi connectivity index (χ1v) is 14.8. The van der Waals surface area contributed by atoms with E-state index in [1.54, 1.807) is 30.3 Å². The molecule has 11 heteroatoms. The molecule has 2 aliphatic rings.